The fourth-order valence-electron chi connectivity index (χ4n) is 7.41. The third-order valence-corrected chi connectivity index (χ3v) is 10.1. The first kappa shape index (κ1) is 43.4. The number of nitrogens with one attached hydrogen (secondary N) is 3. The molecule has 0 saturated heterocycles. The summed E-state index contributed by atoms with van der Waals surface area (Å²) in [6.45, 7) is 0. The Bertz CT molecular complexity index is 3370. The average Bonchev–Trinajstić information content (AvgIpc) is 4.10. The van der Waals surface area contributed by atoms with E-state index in [0.717, 1.165) is 0 Å². The zero-order valence-corrected chi connectivity index (χ0v) is 30.6. The van der Waals surface area contributed by atoms with Crippen molar-refractivity contribution < 1.29 is 80.6 Å². The first-order valence-electron chi connectivity index (χ1n) is 17.2. The number of benzene rings is 3. The monoisotopic (exact) mass is 933 g/mol. The SMILES string of the molecule is O=[N+]([O-])c1cc2[nH]c1c(-c1c(F)c(F)c(F)c(F)c1F)c1nc(c(-c3c(F)c(F)c(F)c(F)c3F)c3[nH]c(c(-c4c(F)c(F)c(F)c(F)c4F)c4[nH]c2c([N+](=O)[O-])c4[N+](=O)[O-])CC3)C=C1. The van der Waals surface area contributed by atoms with Crippen LogP contribution < -0.4 is 0 Å². The highest BCUT2D eigenvalue weighted by Gasteiger charge is 2.40. The lowest BCUT2D eigenvalue weighted by atomic mass is 9.97. The minimum Gasteiger partial charge on any atom is -0.361 e. The molecule has 3 aromatic carbocycles. The van der Waals surface area contributed by atoms with Gasteiger partial charge in [-0.1, -0.05) is 0 Å². The summed E-state index contributed by atoms with van der Waals surface area (Å²) in [5.74, 6) is -41.0. The quantitative estimate of drug-likeness (QED) is 0.0486. The third-order valence-electron chi connectivity index (χ3n) is 10.1. The molecule has 0 radical (unpaired) electrons. The Balaban J connectivity index is 1.78. The highest BCUT2D eigenvalue weighted by molar-refractivity contribution is 6.05. The van der Waals surface area contributed by atoms with Crippen molar-refractivity contribution in [3.05, 3.63) is 146 Å². The molecule has 0 unspecified atom stereocenters. The number of hydrogen-bond donors (Lipinski definition) is 3. The molecule has 5 heterocycles. The molecule has 2 aliphatic heterocycles. The van der Waals surface area contributed by atoms with Crippen molar-refractivity contribution in [1.29, 1.82) is 0 Å². The van der Waals surface area contributed by atoms with E-state index in [2.05, 4.69) is 9.97 Å². The van der Waals surface area contributed by atoms with Gasteiger partial charge in [0.1, 0.15) is 16.6 Å². The van der Waals surface area contributed by atoms with Crippen molar-refractivity contribution in [1.82, 2.24) is 19.9 Å². The standard InChI is InChI=1S/C37H10F15N7O6/c38-18-15(19(39)25(45)30(50)24(18)44)12-6-1-3-8(53-6)13(16-20(40)26(46)31(51)27(47)21(16)41)34-11(57(60)61)5-10(55-34)33-36(58(62)63)37(59(64)65)35(56-33)14(9-4-2-7(12)54-9)17-22(42)28(48)32(52)29(49)23(17)43/h1,3,5,54-56H,2,4H2. The van der Waals surface area contributed by atoms with E-state index >= 15 is 26.3 Å². The van der Waals surface area contributed by atoms with E-state index in [-0.39, 0.29) is 6.07 Å². The molecule has 65 heavy (non-hydrogen) atoms. The second-order valence-electron chi connectivity index (χ2n) is 13.5. The van der Waals surface area contributed by atoms with Gasteiger partial charge in [0, 0.05) is 34.1 Å². The summed E-state index contributed by atoms with van der Waals surface area (Å²) in [5, 5.41) is 38.0. The number of fused-ring (bicyclic) bond motifs is 9. The van der Waals surface area contributed by atoms with E-state index in [4.69, 9.17) is 0 Å². The maximum absolute atomic E-state index is 15.8. The maximum atomic E-state index is 15.8. The molecule has 0 atom stereocenters. The van der Waals surface area contributed by atoms with Crippen LogP contribution in [0.2, 0.25) is 0 Å². The summed E-state index contributed by atoms with van der Waals surface area (Å²) in [4.78, 5) is 43.2. The predicted molar refractivity (Wildman–Crippen MR) is 190 cm³/mol. The highest BCUT2D eigenvalue weighted by Crippen LogP contribution is 2.48. The van der Waals surface area contributed by atoms with Crippen molar-refractivity contribution in [2.75, 3.05) is 0 Å². The number of rotatable bonds is 6. The van der Waals surface area contributed by atoms with E-state index < -0.39 is 210 Å². The van der Waals surface area contributed by atoms with Gasteiger partial charge in [-0.25, -0.2) is 70.8 Å². The van der Waals surface area contributed by atoms with Gasteiger partial charge < -0.3 is 15.0 Å². The van der Waals surface area contributed by atoms with Crippen molar-refractivity contribution in [2.45, 2.75) is 12.8 Å². The minimum atomic E-state index is -2.81. The Labute approximate surface area is 344 Å². The van der Waals surface area contributed by atoms with Gasteiger partial charge in [-0.05, 0) is 25.0 Å². The number of aromatic nitrogens is 4. The lowest BCUT2D eigenvalue weighted by Gasteiger charge is -2.12. The molecule has 28 heteroatoms. The number of H-pyrrole nitrogens is 3. The van der Waals surface area contributed by atoms with E-state index in [0.29, 0.717) is 12.2 Å². The number of hydrogen-bond acceptors (Lipinski definition) is 7. The Hall–Kier alpha value is -8.20. The minimum absolute atomic E-state index is 0.195. The molecule has 0 spiro atoms. The van der Waals surface area contributed by atoms with Crippen molar-refractivity contribution in [3.63, 3.8) is 0 Å². The maximum Gasteiger partial charge on any atom is 0.373 e. The summed E-state index contributed by atoms with van der Waals surface area (Å²) in [6, 6.07) is 0.195. The molecule has 13 nitrogen and oxygen atoms in total. The van der Waals surface area contributed by atoms with Gasteiger partial charge in [0.2, 0.25) is 17.5 Å². The average molecular weight is 933 g/mol. The molecule has 0 aliphatic carbocycles. The second-order valence-corrected chi connectivity index (χ2v) is 13.5. The zero-order chi connectivity index (χ0) is 47.6. The number of halogens is 15. The van der Waals surface area contributed by atoms with Crippen LogP contribution >= 0.6 is 0 Å². The lowest BCUT2D eigenvalue weighted by molar-refractivity contribution is -0.419. The highest BCUT2D eigenvalue weighted by atomic mass is 19.2. The smallest absolute Gasteiger partial charge is 0.361 e. The molecule has 3 aromatic heterocycles. The molecule has 334 valence electrons. The molecule has 0 saturated carbocycles. The second kappa shape index (κ2) is 15.0. The van der Waals surface area contributed by atoms with E-state index in [1.54, 1.807) is 0 Å². The first-order chi connectivity index (χ1) is 30.5. The fraction of sp³-hybridized carbons (Fsp3) is 0.0541. The Kier molecular flexibility index (Phi) is 10.0. The van der Waals surface area contributed by atoms with Gasteiger partial charge in [0.15, 0.2) is 69.8 Å². The molecule has 0 fully saturated rings. The van der Waals surface area contributed by atoms with Gasteiger partial charge in [0.25, 0.3) is 5.69 Å². The van der Waals surface area contributed by atoms with Gasteiger partial charge in [-0.2, -0.15) is 0 Å². The van der Waals surface area contributed by atoms with Crippen LogP contribution in [-0.4, -0.2) is 34.7 Å². The fourth-order valence-corrected chi connectivity index (χ4v) is 7.41. The first-order valence-corrected chi connectivity index (χ1v) is 17.2. The van der Waals surface area contributed by atoms with Crippen LogP contribution in [0.1, 0.15) is 22.8 Å². The number of aromatic amines is 3. The molecule has 8 rings (SSSR count). The van der Waals surface area contributed by atoms with Crippen LogP contribution in [-0.2, 0) is 12.8 Å². The number of nitrogens with zero attached hydrogens (tertiary/aromatic N) is 4. The topological polar surface area (TPSA) is 190 Å². The van der Waals surface area contributed by atoms with Crippen LogP contribution in [0.25, 0.3) is 67.6 Å². The van der Waals surface area contributed by atoms with Gasteiger partial charge in [-0.15, -0.1) is 0 Å². The molecule has 2 aliphatic rings. The molecule has 3 N–H and O–H groups in total. The van der Waals surface area contributed by atoms with E-state index in [1.807, 2.05) is 9.97 Å². The summed E-state index contributed by atoms with van der Waals surface area (Å²) in [5.41, 5.74) is -25.7. The summed E-state index contributed by atoms with van der Waals surface area (Å²) < 4.78 is 227. The molecule has 0 amide bonds. The summed E-state index contributed by atoms with van der Waals surface area (Å²) >= 11 is 0. The van der Waals surface area contributed by atoms with Gasteiger partial charge in [0.05, 0.1) is 48.4 Å². The van der Waals surface area contributed by atoms with Crippen molar-refractivity contribution in [2.24, 2.45) is 0 Å². The predicted octanol–water partition coefficient (Wildman–Crippen LogP) is 11.0. The van der Waals surface area contributed by atoms with Crippen LogP contribution in [0, 0.1) is 118 Å². The van der Waals surface area contributed by atoms with Gasteiger partial charge >= 0.3 is 11.4 Å². The molecule has 6 aromatic rings. The Morgan fingerprint density at radius 3 is 1.17 bits per heavy atom. The Morgan fingerprint density at radius 1 is 0.400 bits per heavy atom. The van der Waals surface area contributed by atoms with Crippen LogP contribution in [0.3, 0.4) is 0 Å². The number of aryl methyl sites for hydroxylation is 2. The van der Waals surface area contributed by atoms with Crippen molar-refractivity contribution in [3.8, 4) is 33.4 Å². The lowest BCUT2D eigenvalue weighted by Crippen LogP contribution is -2.06. The van der Waals surface area contributed by atoms with Crippen LogP contribution in [0.4, 0.5) is 82.9 Å². The van der Waals surface area contributed by atoms with Gasteiger partial charge in [-0.3, -0.25) is 30.3 Å². The largest absolute Gasteiger partial charge is 0.373 e. The molecular weight excluding hydrogens is 923 g/mol. The summed E-state index contributed by atoms with van der Waals surface area (Å²) in [7, 11) is 0. The molecular formula is C37H10F15N7O6. The van der Waals surface area contributed by atoms with Crippen LogP contribution in [0.5, 0.6) is 0 Å². The van der Waals surface area contributed by atoms with E-state index in [1.165, 1.54) is 0 Å². The number of nitro groups is 3. The molecule has 8 bridgehead atoms. The van der Waals surface area contributed by atoms with Crippen LogP contribution in [0.15, 0.2) is 6.07 Å². The van der Waals surface area contributed by atoms with Crippen molar-refractivity contribution >= 4 is 51.3 Å². The van der Waals surface area contributed by atoms with E-state index in [9.17, 15) is 69.9 Å². The normalized spacial score (nSPS) is 12.4. The summed E-state index contributed by atoms with van der Waals surface area (Å²) in [6.07, 6.45) is -0.886. The zero-order valence-electron chi connectivity index (χ0n) is 30.6. The third kappa shape index (κ3) is 6.17. The Morgan fingerprint density at radius 2 is 0.754 bits per heavy atom.